The number of amides is 2. The summed E-state index contributed by atoms with van der Waals surface area (Å²) in [5, 5.41) is 14.6. The van der Waals surface area contributed by atoms with Gasteiger partial charge in [-0.25, -0.2) is 9.59 Å². The molecule has 0 heterocycles. The molecule has 0 aliphatic heterocycles. The zero-order valence-electron chi connectivity index (χ0n) is 16.8. The molecule has 160 valence electrons. The molecular formula is C22H25IN2O5. The zero-order chi connectivity index (χ0) is 22.1. The number of rotatable bonds is 9. The molecule has 2 rings (SSSR count). The summed E-state index contributed by atoms with van der Waals surface area (Å²) < 4.78 is 6.20. The first-order chi connectivity index (χ1) is 14.3. The first-order valence-corrected chi connectivity index (χ1v) is 10.6. The monoisotopic (exact) mass is 524 g/mol. The molecule has 0 saturated carbocycles. The predicted octanol–water partition coefficient (Wildman–Crippen LogP) is 3.35. The summed E-state index contributed by atoms with van der Waals surface area (Å²) in [6.45, 7) is 3.59. The number of aliphatic carboxylic acids is 1. The summed E-state index contributed by atoms with van der Waals surface area (Å²) in [6.07, 6.45) is -0.599. The van der Waals surface area contributed by atoms with Gasteiger partial charge in [-0.1, -0.05) is 56.3 Å². The van der Waals surface area contributed by atoms with E-state index < -0.39 is 30.1 Å². The molecule has 7 nitrogen and oxygen atoms in total. The molecular weight excluding hydrogens is 499 g/mol. The lowest BCUT2D eigenvalue weighted by Crippen LogP contribution is -2.54. The molecule has 30 heavy (non-hydrogen) atoms. The largest absolute Gasteiger partial charge is 0.480 e. The van der Waals surface area contributed by atoms with Crippen LogP contribution in [0.1, 0.15) is 25.0 Å². The van der Waals surface area contributed by atoms with Gasteiger partial charge in [0.1, 0.15) is 18.7 Å². The fraction of sp³-hybridized carbons (Fsp3) is 0.318. The van der Waals surface area contributed by atoms with Crippen LogP contribution in [-0.4, -0.2) is 35.2 Å². The van der Waals surface area contributed by atoms with Gasteiger partial charge in [-0.3, -0.25) is 4.79 Å². The van der Waals surface area contributed by atoms with E-state index in [0.717, 1.165) is 14.7 Å². The minimum atomic E-state index is -1.14. The Labute approximate surface area is 189 Å². The van der Waals surface area contributed by atoms with E-state index in [0.29, 0.717) is 0 Å². The average molecular weight is 524 g/mol. The van der Waals surface area contributed by atoms with E-state index in [9.17, 15) is 19.5 Å². The van der Waals surface area contributed by atoms with Crippen molar-refractivity contribution < 1.29 is 24.2 Å². The van der Waals surface area contributed by atoms with Crippen molar-refractivity contribution in [1.82, 2.24) is 10.6 Å². The lowest BCUT2D eigenvalue weighted by Gasteiger charge is -2.24. The average Bonchev–Trinajstić information content (AvgIpc) is 2.71. The highest BCUT2D eigenvalue weighted by Gasteiger charge is 2.29. The summed E-state index contributed by atoms with van der Waals surface area (Å²) in [7, 11) is 0. The van der Waals surface area contributed by atoms with Gasteiger partial charge in [-0.15, -0.1) is 0 Å². The Hall–Kier alpha value is -2.62. The van der Waals surface area contributed by atoms with E-state index in [2.05, 4.69) is 33.2 Å². The number of nitrogens with one attached hydrogen (secondary N) is 2. The number of carboxylic acid groups (broad SMARTS) is 1. The van der Waals surface area contributed by atoms with Crippen LogP contribution in [0.2, 0.25) is 0 Å². The van der Waals surface area contributed by atoms with Crippen LogP contribution in [0.3, 0.4) is 0 Å². The Bertz CT molecular complexity index is 856. The van der Waals surface area contributed by atoms with Crippen LogP contribution in [0.4, 0.5) is 4.79 Å². The Kier molecular flexibility index (Phi) is 9.10. The molecule has 3 N–H and O–H groups in total. The maximum Gasteiger partial charge on any atom is 0.408 e. The molecule has 2 atom stereocenters. The van der Waals surface area contributed by atoms with E-state index >= 15 is 0 Å². The fourth-order valence-corrected chi connectivity index (χ4v) is 3.10. The maximum absolute atomic E-state index is 12.7. The third-order valence-corrected chi connectivity index (χ3v) is 5.12. The van der Waals surface area contributed by atoms with Crippen LogP contribution in [0.5, 0.6) is 0 Å². The number of alkyl carbamates (subject to hydrolysis) is 1. The molecule has 0 unspecified atom stereocenters. The molecule has 0 spiro atoms. The zero-order valence-corrected chi connectivity index (χ0v) is 19.0. The van der Waals surface area contributed by atoms with Gasteiger partial charge in [0.25, 0.3) is 0 Å². The number of carboxylic acids is 1. The van der Waals surface area contributed by atoms with Crippen molar-refractivity contribution in [3.63, 3.8) is 0 Å². The van der Waals surface area contributed by atoms with Gasteiger partial charge < -0.3 is 20.5 Å². The van der Waals surface area contributed by atoms with Crippen LogP contribution in [0, 0.1) is 9.49 Å². The van der Waals surface area contributed by atoms with Crippen LogP contribution in [-0.2, 0) is 27.4 Å². The second kappa shape index (κ2) is 11.5. The van der Waals surface area contributed by atoms with E-state index in [-0.39, 0.29) is 18.9 Å². The van der Waals surface area contributed by atoms with Crippen LogP contribution < -0.4 is 10.6 Å². The summed E-state index contributed by atoms with van der Waals surface area (Å²) in [6, 6.07) is 14.5. The number of ether oxygens (including phenoxy) is 1. The van der Waals surface area contributed by atoms with Crippen LogP contribution >= 0.6 is 22.6 Å². The first-order valence-electron chi connectivity index (χ1n) is 9.51. The fourth-order valence-electron chi connectivity index (χ4n) is 2.74. The summed E-state index contributed by atoms with van der Waals surface area (Å²) >= 11 is 2.16. The topological polar surface area (TPSA) is 105 Å². The highest BCUT2D eigenvalue weighted by molar-refractivity contribution is 14.1. The third-order valence-electron chi connectivity index (χ3n) is 4.40. The molecule has 0 bridgehead atoms. The van der Waals surface area contributed by atoms with Gasteiger partial charge in [0.05, 0.1) is 0 Å². The van der Waals surface area contributed by atoms with E-state index in [1.165, 1.54) is 0 Å². The number of carbonyl (C=O) groups excluding carboxylic acids is 2. The van der Waals surface area contributed by atoms with Gasteiger partial charge in [-0.05, 0) is 51.8 Å². The molecule has 8 heteroatoms. The number of hydrogen-bond donors (Lipinski definition) is 3. The van der Waals surface area contributed by atoms with Crippen molar-refractivity contribution in [3.8, 4) is 0 Å². The molecule has 0 radical (unpaired) electrons. The summed E-state index contributed by atoms with van der Waals surface area (Å²) in [5.74, 6) is -1.97. The summed E-state index contributed by atoms with van der Waals surface area (Å²) in [4.78, 5) is 36.5. The minimum absolute atomic E-state index is 0.0731. The first kappa shape index (κ1) is 23.7. The van der Waals surface area contributed by atoms with Crippen molar-refractivity contribution in [2.45, 2.75) is 39.0 Å². The van der Waals surface area contributed by atoms with Gasteiger partial charge in [-0.2, -0.15) is 0 Å². The SMILES string of the molecule is CC(C)[C@H](NC(=O)OCc1ccccc1)C(=O)N[C@H](Cc1ccc(I)cc1)C(=O)O. The van der Waals surface area contributed by atoms with Crippen molar-refractivity contribution in [2.75, 3.05) is 0 Å². The van der Waals surface area contributed by atoms with E-state index in [1.54, 1.807) is 13.8 Å². The molecule has 0 aliphatic rings. The van der Waals surface area contributed by atoms with Crippen molar-refractivity contribution in [2.24, 2.45) is 5.92 Å². The van der Waals surface area contributed by atoms with Gasteiger partial charge in [0.15, 0.2) is 0 Å². The molecule has 0 aromatic heterocycles. The quantitative estimate of drug-likeness (QED) is 0.437. The van der Waals surface area contributed by atoms with Crippen molar-refractivity contribution >= 4 is 40.6 Å². The molecule has 0 aliphatic carbocycles. The van der Waals surface area contributed by atoms with E-state index in [1.807, 2.05) is 54.6 Å². The highest BCUT2D eigenvalue weighted by Crippen LogP contribution is 2.10. The van der Waals surface area contributed by atoms with Crippen LogP contribution in [0.15, 0.2) is 54.6 Å². The second-order valence-electron chi connectivity index (χ2n) is 7.16. The lowest BCUT2D eigenvalue weighted by atomic mass is 10.0. The molecule has 0 fully saturated rings. The van der Waals surface area contributed by atoms with Gasteiger partial charge in [0.2, 0.25) is 5.91 Å². The van der Waals surface area contributed by atoms with E-state index in [4.69, 9.17) is 4.74 Å². The number of carbonyl (C=O) groups is 3. The number of halogens is 1. The molecule has 2 aromatic rings. The smallest absolute Gasteiger partial charge is 0.408 e. The normalized spacial score (nSPS) is 12.7. The number of benzene rings is 2. The highest BCUT2D eigenvalue weighted by atomic mass is 127. The van der Waals surface area contributed by atoms with Crippen molar-refractivity contribution in [1.29, 1.82) is 0 Å². The lowest BCUT2D eigenvalue weighted by molar-refractivity contribution is -0.142. The standard InChI is InChI=1S/C22H25IN2O5/c1-14(2)19(25-22(29)30-13-16-6-4-3-5-7-16)20(26)24-18(21(27)28)12-15-8-10-17(23)11-9-15/h3-11,14,18-19H,12-13H2,1-2H3,(H,24,26)(H,25,29)(H,27,28)/t18-,19+/m1/s1. The Morgan fingerprint density at radius 2 is 1.60 bits per heavy atom. The van der Waals surface area contributed by atoms with Gasteiger partial charge in [0, 0.05) is 9.99 Å². The molecule has 2 amide bonds. The predicted molar refractivity (Wildman–Crippen MR) is 121 cm³/mol. The molecule has 0 saturated heterocycles. The maximum atomic E-state index is 12.7. The Morgan fingerprint density at radius 3 is 2.17 bits per heavy atom. The van der Waals surface area contributed by atoms with Crippen molar-refractivity contribution in [3.05, 3.63) is 69.3 Å². The van der Waals surface area contributed by atoms with Crippen LogP contribution in [0.25, 0.3) is 0 Å². The molecule has 2 aromatic carbocycles. The number of hydrogen-bond acceptors (Lipinski definition) is 4. The minimum Gasteiger partial charge on any atom is -0.480 e. The summed E-state index contributed by atoms with van der Waals surface area (Å²) in [5.41, 5.74) is 1.61. The Balaban J connectivity index is 1.97. The second-order valence-corrected chi connectivity index (χ2v) is 8.40. The third kappa shape index (κ3) is 7.66. The van der Waals surface area contributed by atoms with Gasteiger partial charge >= 0.3 is 12.1 Å². The Morgan fingerprint density at radius 1 is 0.967 bits per heavy atom.